The first kappa shape index (κ1) is 13.5. The predicted molar refractivity (Wildman–Crippen MR) is 89.4 cm³/mol. The monoisotopic (exact) mass is 289 g/mol. The third-order valence-electron chi connectivity index (χ3n) is 4.42. The Morgan fingerprint density at radius 1 is 0.909 bits per heavy atom. The van der Waals surface area contributed by atoms with Gasteiger partial charge in [-0.15, -0.1) is 0 Å². The lowest BCUT2D eigenvalue weighted by Crippen LogP contribution is -2.19. The number of hydrogen-bond donors (Lipinski definition) is 1. The van der Waals surface area contributed by atoms with E-state index in [-0.39, 0.29) is 6.04 Å². The van der Waals surface area contributed by atoms with Crippen LogP contribution in [-0.2, 0) is 17.9 Å². The maximum absolute atomic E-state index is 5.76. The smallest absolute Gasteiger partial charge is 0.0933 e. The van der Waals surface area contributed by atoms with Crippen LogP contribution < -0.4 is 5.48 Å². The van der Waals surface area contributed by atoms with E-state index in [0.717, 1.165) is 12.8 Å². The first-order valence-electron chi connectivity index (χ1n) is 7.83. The topological polar surface area (TPSA) is 21.3 Å². The Balaban J connectivity index is 1.53. The molecule has 1 N–H and O–H groups in total. The van der Waals surface area contributed by atoms with Crippen LogP contribution in [0.5, 0.6) is 0 Å². The van der Waals surface area contributed by atoms with Crippen molar-refractivity contribution in [3.05, 3.63) is 83.4 Å². The molecule has 1 atom stereocenters. The Hall–Kier alpha value is -2.16. The van der Waals surface area contributed by atoms with Crippen LogP contribution in [0.1, 0.15) is 29.2 Å². The number of nitrogens with one attached hydrogen (secondary N) is 1. The van der Waals surface area contributed by atoms with Gasteiger partial charge in [0.15, 0.2) is 0 Å². The SMILES string of the molecule is c1ccc(CONC2CCc3ccc4ccccc4c32)cc1. The quantitative estimate of drug-likeness (QED) is 0.711. The molecule has 1 aliphatic carbocycles. The van der Waals surface area contributed by atoms with Gasteiger partial charge in [0.05, 0.1) is 12.6 Å². The molecule has 0 spiro atoms. The summed E-state index contributed by atoms with van der Waals surface area (Å²) in [6.07, 6.45) is 2.21. The van der Waals surface area contributed by atoms with Crippen LogP contribution in [0.3, 0.4) is 0 Å². The number of benzene rings is 3. The van der Waals surface area contributed by atoms with Gasteiger partial charge in [-0.2, -0.15) is 5.48 Å². The van der Waals surface area contributed by atoms with E-state index in [4.69, 9.17) is 4.84 Å². The van der Waals surface area contributed by atoms with Crippen LogP contribution in [-0.4, -0.2) is 0 Å². The Kier molecular flexibility index (Phi) is 3.63. The molecule has 0 aliphatic heterocycles. The van der Waals surface area contributed by atoms with E-state index >= 15 is 0 Å². The van der Waals surface area contributed by atoms with Gasteiger partial charge in [0.1, 0.15) is 0 Å². The van der Waals surface area contributed by atoms with Crippen LogP contribution in [0.15, 0.2) is 66.7 Å². The Morgan fingerprint density at radius 2 is 1.73 bits per heavy atom. The maximum Gasteiger partial charge on any atom is 0.0933 e. The van der Waals surface area contributed by atoms with Crippen molar-refractivity contribution in [3.63, 3.8) is 0 Å². The van der Waals surface area contributed by atoms with Gasteiger partial charge in [-0.05, 0) is 40.3 Å². The zero-order chi connectivity index (χ0) is 14.8. The largest absolute Gasteiger partial charge is 0.296 e. The third kappa shape index (κ3) is 2.52. The Labute approximate surface area is 130 Å². The molecule has 0 heterocycles. The van der Waals surface area contributed by atoms with Crippen molar-refractivity contribution in [2.45, 2.75) is 25.5 Å². The average molecular weight is 289 g/mol. The van der Waals surface area contributed by atoms with Crippen molar-refractivity contribution < 1.29 is 4.84 Å². The molecule has 0 amide bonds. The van der Waals surface area contributed by atoms with E-state index in [9.17, 15) is 0 Å². The number of hydroxylamine groups is 1. The molecule has 0 saturated carbocycles. The zero-order valence-electron chi connectivity index (χ0n) is 12.5. The van der Waals surface area contributed by atoms with Crippen molar-refractivity contribution in [1.82, 2.24) is 5.48 Å². The van der Waals surface area contributed by atoms with Gasteiger partial charge < -0.3 is 0 Å². The van der Waals surface area contributed by atoms with Gasteiger partial charge in [-0.1, -0.05) is 66.7 Å². The molecule has 22 heavy (non-hydrogen) atoms. The fourth-order valence-corrected chi connectivity index (χ4v) is 3.33. The van der Waals surface area contributed by atoms with Gasteiger partial charge in [0, 0.05) is 0 Å². The first-order valence-corrected chi connectivity index (χ1v) is 7.83. The van der Waals surface area contributed by atoms with E-state index in [1.54, 1.807) is 0 Å². The lowest BCUT2D eigenvalue weighted by molar-refractivity contribution is 0.00360. The molecular weight excluding hydrogens is 270 g/mol. The minimum atomic E-state index is 0.282. The molecule has 0 fully saturated rings. The molecule has 0 bridgehead atoms. The predicted octanol–water partition coefficient (Wildman–Crippen LogP) is 4.55. The Bertz CT molecular complexity index is 782. The molecule has 3 aromatic rings. The van der Waals surface area contributed by atoms with E-state index < -0.39 is 0 Å². The molecule has 2 heteroatoms. The highest BCUT2D eigenvalue weighted by molar-refractivity contribution is 5.87. The molecule has 2 nitrogen and oxygen atoms in total. The maximum atomic E-state index is 5.76. The fraction of sp³-hybridized carbons (Fsp3) is 0.200. The normalized spacial score (nSPS) is 16.8. The van der Waals surface area contributed by atoms with E-state index in [1.807, 2.05) is 18.2 Å². The summed E-state index contributed by atoms with van der Waals surface area (Å²) in [7, 11) is 0. The van der Waals surface area contributed by atoms with Gasteiger partial charge in [0.25, 0.3) is 0 Å². The summed E-state index contributed by atoms with van der Waals surface area (Å²) in [6, 6.07) is 23.6. The number of hydrogen-bond acceptors (Lipinski definition) is 2. The van der Waals surface area contributed by atoms with E-state index in [0.29, 0.717) is 6.61 Å². The highest BCUT2D eigenvalue weighted by Crippen LogP contribution is 2.36. The summed E-state index contributed by atoms with van der Waals surface area (Å²) in [4.78, 5) is 5.76. The minimum absolute atomic E-state index is 0.282. The highest BCUT2D eigenvalue weighted by Gasteiger charge is 2.24. The van der Waals surface area contributed by atoms with Crippen molar-refractivity contribution in [3.8, 4) is 0 Å². The van der Waals surface area contributed by atoms with Gasteiger partial charge in [0.2, 0.25) is 0 Å². The first-order chi connectivity index (χ1) is 10.9. The van der Waals surface area contributed by atoms with Gasteiger partial charge >= 0.3 is 0 Å². The second-order valence-electron chi connectivity index (χ2n) is 5.84. The van der Waals surface area contributed by atoms with Crippen molar-refractivity contribution in [2.75, 3.05) is 0 Å². The lowest BCUT2D eigenvalue weighted by Gasteiger charge is -2.16. The minimum Gasteiger partial charge on any atom is -0.296 e. The van der Waals surface area contributed by atoms with Gasteiger partial charge in [-0.3, -0.25) is 4.84 Å². The molecule has 0 radical (unpaired) electrons. The molecule has 4 rings (SSSR count). The Morgan fingerprint density at radius 3 is 2.64 bits per heavy atom. The van der Waals surface area contributed by atoms with Crippen molar-refractivity contribution in [1.29, 1.82) is 0 Å². The summed E-state index contributed by atoms with van der Waals surface area (Å²) < 4.78 is 0. The average Bonchev–Trinajstić information content (AvgIpc) is 3.00. The second-order valence-corrected chi connectivity index (χ2v) is 5.84. The van der Waals surface area contributed by atoms with Crippen LogP contribution in [0, 0.1) is 0 Å². The molecule has 3 aromatic carbocycles. The molecule has 0 aromatic heterocycles. The number of aryl methyl sites for hydroxylation is 1. The lowest BCUT2D eigenvalue weighted by atomic mass is 9.99. The standard InChI is InChI=1S/C20H19NO/c1-2-6-15(7-3-1)14-22-21-19-13-12-17-11-10-16-8-4-5-9-18(16)20(17)19/h1-11,19,21H,12-14H2. The van der Waals surface area contributed by atoms with E-state index in [2.05, 4.69) is 54.0 Å². The highest BCUT2D eigenvalue weighted by atomic mass is 16.6. The van der Waals surface area contributed by atoms with Crippen LogP contribution in [0.4, 0.5) is 0 Å². The molecule has 0 saturated heterocycles. The summed E-state index contributed by atoms with van der Waals surface area (Å²) in [5, 5.41) is 2.65. The van der Waals surface area contributed by atoms with Gasteiger partial charge in [-0.25, -0.2) is 0 Å². The summed E-state index contributed by atoms with van der Waals surface area (Å²) >= 11 is 0. The molecular formula is C20H19NO. The third-order valence-corrected chi connectivity index (χ3v) is 4.42. The fourth-order valence-electron chi connectivity index (χ4n) is 3.33. The number of rotatable bonds is 4. The van der Waals surface area contributed by atoms with Crippen molar-refractivity contribution >= 4 is 10.8 Å². The summed E-state index contributed by atoms with van der Waals surface area (Å²) in [5.74, 6) is 0. The number of fused-ring (bicyclic) bond motifs is 3. The second kappa shape index (κ2) is 5.91. The summed E-state index contributed by atoms with van der Waals surface area (Å²) in [5.41, 5.74) is 7.32. The molecule has 1 unspecified atom stereocenters. The zero-order valence-corrected chi connectivity index (χ0v) is 12.5. The summed E-state index contributed by atoms with van der Waals surface area (Å²) in [6.45, 7) is 0.595. The molecule has 1 aliphatic rings. The van der Waals surface area contributed by atoms with Crippen LogP contribution in [0.25, 0.3) is 10.8 Å². The van der Waals surface area contributed by atoms with Crippen LogP contribution in [0.2, 0.25) is 0 Å². The van der Waals surface area contributed by atoms with E-state index in [1.165, 1.54) is 27.5 Å². The van der Waals surface area contributed by atoms with Crippen LogP contribution >= 0.6 is 0 Å². The molecule has 110 valence electrons. The van der Waals surface area contributed by atoms with Crippen molar-refractivity contribution in [2.24, 2.45) is 0 Å².